The van der Waals surface area contributed by atoms with Crippen LogP contribution in [0.15, 0.2) is 90.3 Å². The van der Waals surface area contributed by atoms with E-state index in [2.05, 4.69) is 30.3 Å². The zero-order chi connectivity index (χ0) is 18.2. The van der Waals surface area contributed by atoms with Gasteiger partial charge in [0.05, 0.1) is 17.9 Å². The molecule has 3 aromatic rings. The van der Waals surface area contributed by atoms with Crippen LogP contribution in [0.5, 0.6) is 5.75 Å². The summed E-state index contributed by atoms with van der Waals surface area (Å²) < 4.78 is 5.19. The summed E-state index contributed by atoms with van der Waals surface area (Å²) in [5, 5.41) is 11.7. The Labute approximate surface area is 158 Å². The molecule has 128 valence electrons. The van der Waals surface area contributed by atoms with Crippen LogP contribution >= 0.6 is 11.8 Å². The molecule has 0 unspecified atom stereocenters. The van der Waals surface area contributed by atoms with Crippen molar-refractivity contribution in [2.24, 2.45) is 0 Å². The van der Waals surface area contributed by atoms with Crippen LogP contribution in [0.3, 0.4) is 0 Å². The number of nitriles is 1. The Kier molecular flexibility index (Phi) is 6.14. The van der Waals surface area contributed by atoms with E-state index >= 15 is 0 Å². The molecule has 0 heterocycles. The molecule has 0 radical (unpaired) electrons. The van der Waals surface area contributed by atoms with Crippen molar-refractivity contribution in [2.45, 2.75) is 5.25 Å². The number of hydrogen-bond acceptors (Lipinski definition) is 3. The van der Waals surface area contributed by atoms with Gasteiger partial charge in [-0.05, 0) is 46.4 Å². The largest absolute Gasteiger partial charge is 0.497 e. The minimum atomic E-state index is 0.138. The molecule has 3 aromatic carbocycles. The van der Waals surface area contributed by atoms with Crippen LogP contribution in [0.1, 0.15) is 21.9 Å². The molecule has 0 aliphatic carbocycles. The molecule has 0 saturated carbocycles. The maximum absolute atomic E-state index is 9.60. The number of rotatable bonds is 6. The lowest BCUT2D eigenvalue weighted by Gasteiger charge is -2.16. The van der Waals surface area contributed by atoms with Crippen molar-refractivity contribution in [1.82, 2.24) is 0 Å². The van der Waals surface area contributed by atoms with Crippen LogP contribution in [-0.4, -0.2) is 7.11 Å². The van der Waals surface area contributed by atoms with Crippen LogP contribution < -0.4 is 4.74 Å². The highest BCUT2D eigenvalue weighted by Gasteiger charge is 2.14. The average molecular weight is 357 g/mol. The Hall–Kier alpha value is -2.96. The summed E-state index contributed by atoms with van der Waals surface area (Å²) in [6.45, 7) is 0. The Balaban J connectivity index is 1.90. The molecule has 0 saturated heterocycles. The fourth-order valence-corrected chi connectivity index (χ4v) is 3.76. The summed E-state index contributed by atoms with van der Waals surface area (Å²) in [5.41, 5.74) is 3.97. The van der Waals surface area contributed by atoms with E-state index in [0.717, 1.165) is 11.3 Å². The minimum Gasteiger partial charge on any atom is -0.497 e. The van der Waals surface area contributed by atoms with E-state index in [9.17, 15) is 5.26 Å². The Bertz CT molecular complexity index is 857. The topological polar surface area (TPSA) is 33.0 Å². The van der Waals surface area contributed by atoms with Crippen molar-refractivity contribution in [1.29, 1.82) is 5.26 Å². The predicted molar refractivity (Wildman–Crippen MR) is 109 cm³/mol. The monoisotopic (exact) mass is 357 g/mol. The van der Waals surface area contributed by atoms with Gasteiger partial charge < -0.3 is 4.74 Å². The van der Waals surface area contributed by atoms with Gasteiger partial charge in [0, 0.05) is 0 Å². The first-order valence-electron chi connectivity index (χ1n) is 8.32. The highest BCUT2D eigenvalue weighted by Crippen LogP contribution is 2.37. The molecular formula is C23H19NOS. The maximum Gasteiger partial charge on any atom is 0.118 e. The van der Waals surface area contributed by atoms with Gasteiger partial charge >= 0.3 is 0 Å². The average Bonchev–Trinajstić information content (AvgIpc) is 2.73. The zero-order valence-electron chi connectivity index (χ0n) is 14.5. The first-order chi connectivity index (χ1) is 12.8. The second kappa shape index (κ2) is 8.94. The number of benzene rings is 3. The van der Waals surface area contributed by atoms with Gasteiger partial charge in [-0.15, -0.1) is 11.8 Å². The van der Waals surface area contributed by atoms with Crippen LogP contribution in [0, 0.1) is 11.3 Å². The molecule has 0 aliphatic heterocycles. The standard InChI is InChI=1S/C23H19NOS/c1-25-22-14-12-18(13-15-22)21(16-24)17-26-23(19-8-4-2-5-9-19)20-10-6-3-7-11-20/h2-15,17,23H,1H3. The van der Waals surface area contributed by atoms with Crippen LogP contribution in [0.2, 0.25) is 0 Å². The Morgan fingerprint density at radius 2 is 1.42 bits per heavy atom. The fraction of sp³-hybridized carbons (Fsp3) is 0.0870. The SMILES string of the molecule is COc1ccc(C(C#N)=CSC(c2ccccc2)c2ccccc2)cc1. The molecule has 0 N–H and O–H groups in total. The van der Waals surface area contributed by atoms with Crippen LogP contribution in [0.25, 0.3) is 5.57 Å². The molecule has 0 aromatic heterocycles. The number of hydrogen-bond donors (Lipinski definition) is 0. The van der Waals surface area contributed by atoms with Gasteiger partial charge in [-0.2, -0.15) is 5.26 Å². The summed E-state index contributed by atoms with van der Waals surface area (Å²) in [7, 11) is 1.64. The molecule has 0 spiro atoms. The van der Waals surface area contributed by atoms with Crippen molar-refractivity contribution < 1.29 is 4.74 Å². The van der Waals surface area contributed by atoms with Crippen molar-refractivity contribution in [3.05, 3.63) is 107 Å². The first-order valence-corrected chi connectivity index (χ1v) is 9.26. The normalized spacial score (nSPS) is 11.2. The van der Waals surface area contributed by atoms with Crippen molar-refractivity contribution >= 4 is 17.3 Å². The van der Waals surface area contributed by atoms with E-state index < -0.39 is 0 Å². The molecule has 0 fully saturated rings. The molecular weight excluding hydrogens is 338 g/mol. The lowest BCUT2D eigenvalue weighted by atomic mass is 10.0. The fourth-order valence-electron chi connectivity index (χ4n) is 2.67. The summed E-state index contributed by atoms with van der Waals surface area (Å²) >= 11 is 1.65. The third-order valence-corrected chi connectivity index (χ3v) is 5.24. The molecule has 0 aliphatic rings. The zero-order valence-corrected chi connectivity index (χ0v) is 15.3. The van der Waals surface area contributed by atoms with E-state index in [1.807, 2.05) is 66.1 Å². The molecule has 3 rings (SSSR count). The Morgan fingerprint density at radius 3 is 1.88 bits per heavy atom. The van der Waals surface area contributed by atoms with Crippen molar-refractivity contribution in [2.75, 3.05) is 7.11 Å². The first kappa shape index (κ1) is 17.8. The van der Waals surface area contributed by atoms with Crippen molar-refractivity contribution in [3.63, 3.8) is 0 Å². The Morgan fingerprint density at radius 1 is 0.885 bits per heavy atom. The molecule has 0 bridgehead atoms. The number of thioether (sulfide) groups is 1. The number of methoxy groups -OCH3 is 1. The van der Waals surface area contributed by atoms with Crippen LogP contribution in [0.4, 0.5) is 0 Å². The lowest BCUT2D eigenvalue weighted by molar-refractivity contribution is 0.415. The van der Waals surface area contributed by atoms with Crippen LogP contribution in [-0.2, 0) is 0 Å². The summed E-state index contributed by atoms with van der Waals surface area (Å²) in [6.07, 6.45) is 0. The summed E-state index contributed by atoms with van der Waals surface area (Å²) in [5.74, 6) is 0.783. The highest BCUT2D eigenvalue weighted by molar-refractivity contribution is 8.02. The number of nitrogens with zero attached hydrogens (tertiary/aromatic N) is 1. The van der Waals surface area contributed by atoms with Crippen molar-refractivity contribution in [3.8, 4) is 11.8 Å². The van der Waals surface area contributed by atoms with Gasteiger partial charge in [-0.1, -0.05) is 60.7 Å². The van der Waals surface area contributed by atoms with E-state index in [-0.39, 0.29) is 5.25 Å². The quantitative estimate of drug-likeness (QED) is 0.501. The number of allylic oxidation sites excluding steroid dienone is 1. The molecule has 2 nitrogen and oxygen atoms in total. The van der Waals surface area contributed by atoms with Gasteiger partial charge in [0.15, 0.2) is 0 Å². The van der Waals surface area contributed by atoms with Gasteiger partial charge in [0.2, 0.25) is 0 Å². The third-order valence-electron chi connectivity index (χ3n) is 4.05. The second-order valence-corrected chi connectivity index (χ2v) is 6.69. The van der Waals surface area contributed by atoms with Gasteiger partial charge in [-0.3, -0.25) is 0 Å². The van der Waals surface area contributed by atoms with Gasteiger partial charge in [0.1, 0.15) is 11.8 Å². The maximum atomic E-state index is 9.60. The molecule has 0 amide bonds. The summed E-state index contributed by atoms with van der Waals surface area (Å²) in [6, 6.07) is 30.6. The molecule has 3 heteroatoms. The molecule has 26 heavy (non-hydrogen) atoms. The summed E-state index contributed by atoms with van der Waals surface area (Å²) in [4.78, 5) is 0. The van der Waals surface area contributed by atoms with Gasteiger partial charge in [-0.25, -0.2) is 0 Å². The smallest absolute Gasteiger partial charge is 0.118 e. The van der Waals surface area contributed by atoms with E-state index in [1.165, 1.54) is 11.1 Å². The van der Waals surface area contributed by atoms with E-state index in [4.69, 9.17) is 4.74 Å². The van der Waals surface area contributed by atoms with E-state index in [0.29, 0.717) is 5.57 Å². The highest BCUT2D eigenvalue weighted by atomic mass is 32.2. The molecule has 0 atom stereocenters. The minimum absolute atomic E-state index is 0.138. The van der Waals surface area contributed by atoms with E-state index in [1.54, 1.807) is 18.9 Å². The lowest BCUT2D eigenvalue weighted by Crippen LogP contribution is -1.95. The van der Waals surface area contributed by atoms with Gasteiger partial charge in [0.25, 0.3) is 0 Å². The second-order valence-electron chi connectivity index (χ2n) is 5.71. The third kappa shape index (κ3) is 4.36. The predicted octanol–water partition coefficient (Wildman–Crippen LogP) is 6.08. The number of ether oxygens (including phenoxy) is 1.